The van der Waals surface area contributed by atoms with Gasteiger partial charge in [-0.25, -0.2) is 9.97 Å². The maximum Gasteiger partial charge on any atom is 0.163 e. The van der Waals surface area contributed by atoms with E-state index in [2.05, 4.69) is 21.8 Å². The van der Waals surface area contributed by atoms with Crippen LogP contribution in [0, 0.1) is 17.8 Å². The molecule has 0 bridgehead atoms. The number of nitrogens with two attached hydrogens (primary N) is 1. The Morgan fingerprint density at radius 1 is 1.32 bits per heavy atom. The van der Waals surface area contributed by atoms with Crippen LogP contribution in [0.5, 0.6) is 0 Å². The van der Waals surface area contributed by atoms with Crippen molar-refractivity contribution in [2.75, 3.05) is 5.73 Å². The summed E-state index contributed by atoms with van der Waals surface area (Å²) in [4.78, 5) is 20.6. The van der Waals surface area contributed by atoms with Gasteiger partial charge in [-0.15, -0.1) is 0 Å². The smallest absolute Gasteiger partial charge is 0.163 e. The molecule has 0 aliphatic heterocycles. The van der Waals surface area contributed by atoms with E-state index in [1.165, 1.54) is 19.2 Å². The minimum Gasteiger partial charge on any atom is -0.383 e. The van der Waals surface area contributed by atoms with Crippen LogP contribution >= 0.6 is 0 Å². The number of hydrogen-bond donors (Lipinski definition) is 1. The molecule has 0 unspecified atom stereocenters. The Labute approximate surface area is 145 Å². The first kappa shape index (κ1) is 15.4. The Morgan fingerprint density at radius 2 is 2.16 bits per heavy atom. The summed E-state index contributed by atoms with van der Waals surface area (Å²) in [6, 6.07) is 7.51. The van der Waals surface area contributed by atoms with Crippen LogP contribution in [0.1, 0.15) is 40.7 Å². The van der Waals surface area contributed by atoms with Gasteiger partial charge in [0, 0.05) is 30.8 Å². The molecule has 0 spiro atoms. The number of rotatable bonds is 3. The van der Waals surface area contributed by atoms with Gasteiger partial charge in [0.05, 0.1) is 10.9 Å². The van der Waals surface area contributed by atoms with Crippen molar-refractivity contribution in [1.82, 2.24) is 14.5 Å². The van der Waals surface area contributed by atoms with Gasteiger partial charge >= 0.3 is 0 Å². The van der Waals surface area contributed by atoms with E-state index in [1.54, 1.807) is 0 Å². The fourth-order valence-electron chi connectivity index (χ4n) is 2.94. The monoisotopic (exact) mass is 330 g/mol. The minimum absolute atomic E-state index is 0.203. The van der Waals surface area contributed by atoms with E-state index in [0.29, 0.717) is 18.2 Å². The molecule has 1 saturated carbocycles. The van der Waals surface area contributed by atoms with Crippen LogP contribution in [0.4, 0.5) is 5.82 Å². The van der Waals surface area contributed by atoms with Crippen LogP contribution in [0.15, 0.2) is 36.8 Å². The number of nitrogen functional groups attached to an aromatic ring is 1. The summed E-state index contributed by atoms with van der Waals surface area (Å²) in [6.45, 7) is 0. The first-order valence-corrected chi connectivity index (χ1v) is 8.32. The summed E-state index contributed by atoms with van der Waals surface area (Å²) in [6.07, 6.45) is 6.34. The largest absolute Gasteiger partial charge is 0.383 e. The number of aryl methyl sites for hydroxylation is 1. The number of fused-ring (bicyclic) bond motifs is 1. The van der Waals surface area contributed by atoms with Gasteiger partial charge in [-0.1, -0.05) is 24.0 Å². The zero-order valence-corrected chi connectivity index (χ0v) is 14.0. The summed E-state index contributed by atoms with van der Waals surface area (Å²) in [5.41, 5.74) is 9.07. The highest BCUT2D eigenvalue weighted by atomic mass is 16.1. The lowest BCUT2D eigenvalue weighted by Gasteiger charge is -2.00. The van der Waals surface area contributed by atoms with Crippen LogP contribution in [0.2, 0.25) is 0 Å². The van der Waals surface area contributed by atoms with E-state index in [-0.39, 0.29) is 5.78 Å². The lowest BCUT2D eigenvalue weighted by atomic mass is 10.0. The fourth-order valence-corrected chi connectivity index (χ4v) is 2.94. The molecule has 1 aromatic carbocycles. The predicted molar refractivity (Wildman–Crippen MR) is 97.0 cm³/mol. The number of aromatic nitrogens is 3. The van der Waals surface area contributed by atoms with Crippen molar-refractivity contribution in [2.24, 2.45) is 13.0 Å². The van der Waals surface area contributed by atoms with Gasteiger partial charge in [-0.05, 0) is 30.9 Å². The second-order valence-electron chi connectivity index (χ2n) is 6.51. The molecule has 0 saturated heterocycles. The van der Waals surface area contributed by atoms with Gasteiger partial charge in [0.15, 0.2) is 5.78 Å². The van der Waals surface area contributed by atoms with Crippen molar-refractivity contribution < 1.29 is 4.79 Å². The van der Waals surface area contributed by atoms with Gasteiger partial charge in [0.25, 0.3) is 0 Å². The van der Waals surface area contributed by atoms with E-state index in [0.717, 1.165) is 27.7 Å². The van der Waals surface area contributed by atoms with Crippen LogP contribution in [0.25, 0.3) is 11.0 Å². The van der Waals surface area contributed by atoms with E-state index < -0.39 is 0 Å². The molecule has 3 aromatic rings. The van der Waals surface area contributed by atoms with Crippen molar-refractivity contribution >= 4 is 22.6 Å². The van der Waals surface area contributed by atoms with Crippen molar-refractivity contribution in [1.29, 1.82) is 0 Å². The Kier molecular flexibility index (Phi) is 3.73. The molecule has 2 N–H and O–H groups in total. The summed E-state index contributed by atoms with van der Waals surface area (Å²) in [5.74, 6) is 7.48. The highest BCUT2D eigenvalue weighted by Gasteiger charge is 2.24. The lowest BCUT2D eigenvalue weighted by molar-refractivity contribution is 0.0976. The molecule has 0 radical (unpaired) electrons. The molecule has 4 rings (SSSR count). The number of hydrogen-bond acceptors (Lipinski definition) is 4. The fraction of sp³-hybridized carbons (Fsp3) is 0.250. The molecular weight excluding hydrogens is 312 g/mol. The van der Waals surface area contributed by atoms with Crippen LogP contribution in [-0.4, -0.2) is 20.3 Å². The highest BCUT2D eigenvalue weighted by molar-refractivity contribution is 5.96. The quantitative estimate of drug-likeness (QED) is 0.592. The average Bonchev–Trinajstić information content (AvgIpc) is 3.36. The summed E-state index contributed by atoms with van der Waals surface area (Å²) in [5, 5.41) is 0.762. The first-order chi connectivity index (χ1) is 12.1. The van der Waals surface area contributed by atoms with E-state index in [1.807, 2.05) is 42.1 Å². The average molecular weight is 330 g/mol. The number of carbonyl (C=O) groups excluding carboxylic acids is 1. The molecule has 2 heterocycles. The van der Waals surface area contributed by atoms with Crippen LogP contribution in [0.3, 0.4) is 0 Å². The predicted octanol–water partition coefficient (Wildman–Crippen LogP) is 2.93. The number of anilines is 1. The summed E-state index contributed by atoms with van der Waals surface area (Å²) in [7, 11) is 1.90. The lowest BCUT2D eigenvalue weighted by Crippen LogP contribution is -2.00. The normalized spacial score (nSPS) is 13.5. The van der Waals surface area contributed by atoms with Gasteiger partial charge < -0.3 is 10.3 Å². The number of carbonyl (C=O) groups is 1. The third-order valence-electron chi connectivity index (χ3n) is 4.48. The third-order valence-corrected chi connectivity index (χ3v) is 4.48. The molecule has 1 aliphatic carbocycles. The van der Waals surface area contributed by atoms with Crippen LogP contribution in [-0.2, 0) is 7.05 Å². The molecule has 25 heavy (non-hydrogen) atoms. The number of Topliss-reactive ketones (excluding diaryl/α,β-unsaturated/α-hetero) is 1. The van der Waals surface area contributed by atoms with Crippen LogP contribution < -0.4 is 5.73 Å². The molecule has 0 atom stereocenters. The maximum atomic E-state index is 12.3. The van der Waals surface area contributed by atoms with Crippen molar-refractivity contribution in [3.63, 3.8) is 0 Å². The minimum atomic E-state index is 0.203. The summed E-state index contributed by atoms with van der Waals surface area (Å²) >= 11 is 0. The van der Waals surface area contributed by atoms with Gasteiger partial charge in [0.2, 0.25) is 0 Å². The van der Waals surface area contributed by atoms with Gasteiger partial charge in [0.1, 0.15) is 17.8 Å². The zero-order valence-electron chi connectivity index (χ0n) is 14.0. The number of nitrogens with zero attached hydrogens (tertiary/aromatic N) is 3. The topological polar surface area (TPSA) is 73.8 Å². The highest BCUT2D eigenvalue weighted by Crippen LogP contribution is 2.33. The van der Waals surface area contributed by atoms with Gasteiger partial charge in [-0.3, -0.25) is 4.79 Å². The molecule has 1 fully saturated rings. The second kappa shape index (κ2) is 6.06. The van der Waals surface area contributed by atoms with Crippen molar-refractivity contribution in [2.45, 2.75) is 19.3 Å². The Bertz CT molecular complexity index is 1030. The standard InChI is InChI=1S/C20H18N4O/c1-24-11-16(18-19(21)22-12-23-20(18)24)8-7-13-3-2-4-15(9-13)17(25)10-14-5-6-14/h2-4,9,11-12,14H,5-6,10H2,1H3,(H2,21,22,23). The third kappa shape index (κ3) is 3.11. The molecule has 5 heteroatoms. The molecule has 5 nitrogen and oxygen atoms in total. The summed E-state index contributed by atoms with van der Waals surface area (Å²) < 4.78 is 1.88. The second-order valence-corrected chi connectivity index (χ2v) is 6.51. The first-order valence-electron chi connectivity index (χ1n) is 8.32. The number of benzene rings is 1. The Hall–Kier alpha value is -3.13. The molecule has 2 aromatic heterocycles. The van der Waals surface area contributed by atoms with E-state index in [9.17, 15) is 4.79 Å². The van der Waals surface area contributed by atoms with Gasteiger partial charge in [-0.2, -0.15) is 0 Å². The molecule has 1 aliphatic rings. The number of ketones is 1. The SMILES string of the molecule is Cn1cc(C#Cc2cccc(C(=O)CC3CC3)c2)c2c(N)ncnc21. The van der Waals surface area contributed by atoms with Crippen molar-refractivity contribution in [3.05, 3.63) is 53.5 Å². The molecular formula is C20H18N4O. The van der Waals surface area contributed by atoms with Crippen molar-refractivity contribution in [3.8, 4) is 11.8 Å². The maximum absolute atomic E-state index is 12.3. The van der Waals surface area contributed by atoms with E-state index in [4.69, 9.17) is 5.73 Å². The Balaban J connectivity index is 1.67. The Morgan fingerprint density at radius 3 is 2.96 bits per heavy atom. The molecule has 0 amide bonds. The molecule has 124 valence electrons. The van der Waals surface area contributed by atoms with E-state index >= 15 is 0 Å². The zero-order chi connectivity index (χ0) is 17.4.